The van der Waals surface area contributed by atoms with Crippen LogP contribution < -0.4 is 0 Å². The molecule has 0 atom stereocenters. The van der Waals surface area contributed by atoms with Crippen molar-refractivity contribution < 1.29 is 30.0 Å². The summed E-state index contributed by atoms with van der Waals surface area (Å²) in [6, 6.07) is 3.37. The van der Waals surface area contributed by atoms with Crippen LogP contribution in [0.3, 0.4) is 0 Å². The molecule has 0 aliphatic rings. The fourth-order valence-corrected chi connectivity index (χ4v) is 1.03. The SMILES string of the molecule is O=C(O)C(=Cc1cc(O)ccc1O)C(=O)O. The van der Waals surface area contributed by atoms with Crippen LogP contribution in [0, 0.1) is 0 Å². The minimum absolute atomic E-state index is 0.0835. The topological polar surface area (TPSA) is 115 Å². The summed E-state index contributed by atoms with van der Waals surface area (Å²) >= 11 is 0. The van der Waals surface area contributed by atoms with Crippen LogP contribution in [0.5, 0.6) is 11.5 Å². The van der Waals surface area contributed by atoms with Gasteiger partial charge in [0.1, 0.15) is 17.1 Å². The van der Waals surface area contributed by atoms with Crippen LogP contribution in [0.15, 0.2) is 23.8 Å². The molecule has 4 N–H and O–H groups in total. The first-order valence-corrected chi connectivity index (χ1v) is 4.12. The van der Waals surface area contributed by atoms with Crippen molar-refractivity contribution in [3.05, 3.63) is 29.3 Å². The number of rotatable bonds is 3. The number of phenols is 2. The van der Waals surface area contributed by atoms with Crippen LogP contribution in [0.25, 0.3) is 6.08 Å². The summed E-state index contributed by atoms with van der Waals surface area (Å²) in [5.41, 5.74) is -0.985. The van der Waals surface area contributed by atoms with Gasteiger partial charge in [-0.05, 0) is 24.3 Å². The zero-order valence-corrected chi connectivity index (χ0v) is 7.91. The number of hydrogen-bond acceptors (Lipinski definition) is 4. The molecule has 6 heteroatoms. The van der Waals surface area contributed by atoms with E-state index in [4.69, 9.17) is 15.3 Å². The van der Waals surface area contributed by atoms with Crippen LogP contribution in [0.2, 0.25) is 0 Å². The van der Waals surface area contributed by atoms with Crippen LogP contribution >= 0.6 is 0 Å². The van der Waals surface area contributed by atoms with Gasteiger partial charge in [-0.25, -0.2) is 9.59 Å². The van der Waals surface area contributed by atoms with Crippen molar-refractivity contribution in [1.82, 2.24) is 0 Å². The third-order valence-electron chi connectivity index (χ3n) is 1.77. The van der Waals surface area contributed by atoms with E-state index in [2.05, 4.69) is 0 Å². The molecule has 0 fully saturated rings. The largest absolute Gasteiger partial charge is 0.508 e. The molecular weight excluding hydrogens is 216 g/mol. The van der Waals surface area contributed by atoms with Crippen LogP contribution in [0.4, 0.5) is 0 Å². The predicted octanol–water partition coefficient (Wildman–Crippen LogP) is 0.650. The molecule has 0 spiro atoms. The van der Waals surface area contributed by atoms with Gasteiger partial charge < -0.3 is 20.4 Å². The smallest absolute Gasteiger partial charge is 0.343 e. The Hall–Kier alpha value is -2.50. The van der Waals surface area contributed by atoms with Gasteiger partial charge in [0.2, 0.25) is 0 Å². The number of phenolic OH excluding ortho intramolecular Hbond substituents is 2. The molecule has 1 aromatic rings. The minimum atomic E-state index is -1.63. The number of carboxylic acid groups (broad SMARTS) is 2. The van der Waals surface area contributed by atoms with Crippen molar-refractivity contribution >= 4 is 18.0 Å². The minimum Gasteiger partial charge on any atom is -0.508 e. The molecule has 16 heavy (non-hydrogen) atoms. The van der Waals surface area contributed by atoms with Crippen LogP contribution in [0.1, 0.15) is 5.56 Å². The summed E-state index contributed by atoms with van der Waals surface area (Å²) in [6.07, 6.45) is 0.764. The first-order chi connectivity index (χ1) is 7.41. The highest BCUT2D eigenvalue weighted by atomic mass is 16.4. The lowest BCUT2D eigenvalue weighted by molar-refractivity contribution is -0.139. The summed E-state index contributed by atoms with van der Waals surface area (Å²) in [5, 5.41) is 35.5. The van der Waals surface area contributed by atoms with Crippen LogP contribution in [-0.2, 0) is 9.59 Å². The molecule has 0 bridgehead atoms. The summed E-state index contributed by atoms with van der Waals surface area (Å²) in [4.78, 5) is 21.1. The Morgan fingerprint density at radius 3 is 2.12 bits per heavy atom. The summed E-state index contributed by atoms with van der Waals surface area (Å²) in [6.45, 7) is 0. The fraction of sp³-hybridized carbons (Fsp3) is 0. The Morgan fingerprint density at radius 1 is 1.06 bits per heavy atom. The second-order valence-electron chi connectivity index (χ2n) is 2.91. The van der Waals surface area contributed by atoms with Crippen molar-refractivity contribution in [2.75, 3.05) is 0 Å². The van der Waals surface area contributed by atoms with Gasteiger partial charge in [0.25, 0.3) is 0 Å². The highest BCUT2D eigenvalue weighted by Gasteiger charge is 2.16. The normalized spacial score (nSPS) is 9.50. The first-order valence-electron chi connectivity index (χ1n) is 4.12. The van der Waals surface area contributed by atoms with Gasteiger partial charge in [-0.1, -0.05) is 0 Å². The van der Waals surface area contributed by atoms with E-state index in [1.165, 1.54) is 6.07 Å². The van der Waals surface area contributed by atoms with Crippen molar-refractivity contribution in [3.63, 3.8) is 0 Å². The molecule has 1 aromatic carbocycles. The zero-order valence-electron chi connectivity index (χ0n) is 7.91. The predicted molar refractivity (Wildman–Crippen MR) is 53.0 cm³/mol. The number of carbonyl (C=O) groups is 2. The molecule has 0 heterocycles. The van der Waals surface area contributed by atoms with Gasteiger partial charge in [-0.15, -0.1) is 0 Å². The number of carboxylic acids is 2. The molecule has 0 aliphatic heterocycles. The molecule has 0 aliphatic carbocycles. The Kier molecular flexibility index (Phi) is 3.14. The highest BCUT2D eigenvalue weighted by Crippen LogP contribution is 2.24. The van der Waals surface area contributed by atoms with E-state index < -0.39 is 17.5 Å². The number of aliphatic carboxylic acids is 2. The molecule has 6 nitrogen and oxygen atoms in total. The average molecular weight is 224 g/mol. The standard InChI is InChI=1S/C10H8O6/c11-6-1-2-8(12)5(3-6)4-7(9(13)14)10(15)16/h1-4,11-12H,(H,13,14)(H,15,16). The first kappa shape index (κ1) is 11.6. The fourth-order valence-electron chi connectivity index (χ4n) is 1.03. The molecule has 0 unspecified atom stereocenters. The average Bonchev–Trinajstić information content (AvgIpc) is 2.18. The van der Waals surface area contributed by atoms with Gasteiger partial charge in [0.15, 0.2) is 0 Å². The zero-order chi connectivity index (χ0) is 12.3. The van der Waals surface area contributed by atoms with E-state index in [-0.39, 0.29) is 17.1 Å². The number of benzene rings is 1. The van der Waals surface area contributed by atoms with Gasteiger partial charge in [-0.3, -0.25) is 0 Å². The molecule has 0 amide bonds. The van der Waals surface area contributed by atoms with Gasteiger partial charge in [0.05, 0.1) is 0 Å². The van der Waals surface area contributed by atoms with E-state index in [0.29, 0.717) is 0 Å². The van der Waals surface area contributed by atoms with E-state index in [0.717, 1.165) is 18.2 Å². The van der Waals surface area contributed by atoms with E-state index in [1.54, 1.807) is 0 Å². The van der Waals surface area contributed by atoms with Crippen LogP contribution in [-0.4, -0.2) is 32.4 Å². The third kappa shape index (κ3) is 2.50. The second kappa shape index (κ2) is 4.35. The van der Waals surface area contributed by atoms with Crippen molar-refractivity contribution in [1.29, 1.82) is 0 Å². The lowest BCUT2D eigenvalue weighted by atomic mass is 10.1. The Bertz CT molecular complexity index is 458. The maximum atomic E-state index is 10.5. The van der Waals surface area contributed by atoms with E-state index in [1.807, 2.05) is 0 Å². The lowest BCUT2D eigenvalue weighted by Crippen LogP contribution is -2.10. The summed E-state index contributed by atoms with van der Waals surface area (Å²) in [5.74, 6) is -3.79. The quantitative estimate of drug-likeness (QED) is 0.259. The summed E-state index contributed by atoms with van der Waals surface area (Å²) < 4.78 is 0. The Labute approximate surface area is 89.7 Å². The van der Waals surface area contributed by atoms with Gasteiger partial charge >= 0.3 is 11.9 Å². The van der Waals surface area contributed by atoms with E-state index >= 15 is 0 Å². The van der Waals surface area contributed by atoms with Gasteiger partial charge in [0, 0.05) is 5.56 Å². The second-order valence-corrected chi connectivity index (χ2v) is 2.91. The number of aromatic hydroxyl groups is 2. The molecule has 1 rings (SSSR count). The molecule has 0 saturated heterocycles. The third-order valence-corrected chi connectivity index (χ3v) is 1.77. The number of hydrogen-bond donors (Lipinski definition) is 4. The molecule has 84 valence electrons. The molecule has 0 radical (unpaired) electrons. The van der Waals surface area contributed by atoms with Crippen molar-refractivity contribution in [3.8, 4) is 11.5 Å². The lowest BCUT2D eigenvalue weighted by Gasteiger charge is -2.01. The molecule has 0 saturated carbocycles. The van der Waals surface area contributed by atoms with Crippen molar-refractivity contribution in [2.45, 2.75) is 0 Å². The summed E-state index contributed by atoms with van der Waals surface area (Å²) in [7, 11) is 0. The maximum absolute atomic E-state index is 10.5. The monoisotopic (exact) mass is 224 g/mol. The van der Waals surface area contributed by atoms with E-state index in [9.17, 15) is 14.7 Å². The molecular formula is C10H8O6. The Balaban J connectivity index is 3.28. The Morgan fingerprint density at radius 2 is 1.62 bits per heavy atom. The van der Waals surface area contributed by atoms with Gasteiger partial charge in [-0.2, -0.15) is 0 Å². The molecule has 0 aromatic heterocycles. The maximum Gasteiger partial charge on any atom is 0.343 e. The highest BCUT2D eigenvalue weighted by molar-refractivity contribution is 6.16. The van der Waals surface area contributed by atoms with Crippen molar-refractivity contribution in [2.24, 2.45) is 0 Å².